The molecule has 1 aromatic heterocycles. The first-order valence-corrected chi connectivity index (χ1v) is 13.4. The van der Waals surface area contributed by atoms with E-state index in [0.717, 1.165) is 72.8 Å². The second-order valence-corrected chi connectivity index (χ2v) is 10.9. The highest BCUT2D eigenvalue weighted by Gasteiger charge is 2.36. The summed E-state index contributed by atoms with van der Waals surface area (Å²) in [5.41, 5.74) is 9.32. The number of Topliss-reactive ketones (excluding diaryl/α,β-unsaturated/α-hetero) is 1. The number of carbonyl (C=O) groups excluding carboxylic acids is 2. The van der Waals surface area contributed by atoms with Gasteiger partial charge in [0.05, 0.1) is 32.9 Å². The first-order valence-electron chi connectivity index (χ1n) is 12.7. The third kappa shape index (κ3) is 6.39. The predicted molar refractivity (Wildman–Crippen MR) is 162 cm³/mol. The van der Waals surface area contributed by atoms with Crippen LogP contribution in [-0.4, -0.2) is 51.4 Å². The van der Waals surface area contributed by atoms with Gasteiger partial charge in [-0.3, -0.25) is 19.5 Å². The maximum absolute atomic E-state index is 12.6. The molecule has 0 spiro atoms. The third-order valence-electron chi connectivity index (χ3n) is 7.73. The highest BCUT2D eigenvalue weighted by atomic mass is 35.5. The van der Waals surface area contributed by atoms with E-state index in [1.165, 1.54) is 0 Å². The van der Waals surface area contributed by atoms with Crippen LogP contribution in [0, 0.1) is 0 Å². The summed E-state index contributed by atoms with van der Waals surface area (Å²) in [5.74, 6) is -0.436. The highest BCUT2D eigenvalue weighted by Crippen LogP contribution is 2.39. The largest absolute Gasteiger partial charge is 0.505 e. The van der Waals surface area contributed by atoms with E-state index < -0.39 is 0 Å². The van der Waals surface area contributed by atoms with Gasteiger partial charge >= 0.3 is 0 Å². The molecule has 0 unspecified atom stereocenters. The van der Waals surface area contributed by atoms with Crippen molar-refractivity contribution in [3.05, 3.63) is 52.1 Å². The molecule has 1 saturated carbocycles. The van der Waals surface area contributed by atoms with Crippen LogP contribution in [0.3, 0.4) is 0 Å². The van der Waals surface area contributed by atoms with Gasteiger partial charge in [0.1, 0.15) is 0 Å². The molecular weight excluding hydrogens is 582 g/mol. The number of hydrogen-bond acceptors (Lipinski definition) is 6. The van der Waals surface area contributed by atoms with Crippen LogP contribution < -0.4 is 11.1 Å². The van der Waals surface area contributed by atoms with Crippen LogP contribution in [0.15, 0.2) is 36.5 Å². The summed E-state index contributed by atoms with van der Waals surface area (Å²) in [6.07, 6.45) is 7.28. The first kappa shape index (κ1) is 31.2. The van der Waals surface area contributed by atoms with Gasteiger partial charge in [0.15, 0.2) is 11.5 Å². The average molecular weight is 614 g/mol. The Bertz CT molecular complexity index is 1360. The molecule has 2 heterocycles. The normalized spacial score (nSPS) is 21.2. The molecule has 4 N–H and O–H groups in total. The number of hydrogen-bond donors (Lipinski definition) is 3. The molecule has 1 aliphatic carbocycles. The van der Waals surface area contributed by atoms with Crippen LogP contribution in [0.25, 0.3) is 22.0 Å². The lowest BCUT2D eigenvalue weighted by molar-refractivity contribution is -0.123. The fourth-order valence-electron chi connectivity index (χ4n) is 5.81. The van der Waals surface area contributed by atoms with Crippen molar-refractivity contribution < 1.29 is 14.7 Å². The molecule has 2 aromatic carbocycles. The van der Waals surface area contributed by atoms with Crippen LogP contribution in [0.2, 0.25) is 10.0 Å². The van der Waals surface area contributed by atoms with Gasteiger partial charge in [0, 0.05) is 23.7 Å². The molecule has 1 saturated heterocycles. The lowest BCUT2D eigenvalue weighted by Gasteiger charge is -2.37. The Morgan fingerprint density at radius 2 is 1.69 bits per heavy atom. The van der Waals surface area contributed by atoms with Crippen LogP contribution in [0.4, 0.5) is 5.69 Å². The third-order valence-corrected chi connectivity index (χ3v) is 8.31. The van der Waals surface area contributed by atoms with Crippen molar-refractivity contribution in [2.45, 2.75) is 63.6 Å². The quantitative estimate of drug-likeness (QED) is 0.269. The number of phenolic OH excluding ortho intramolecular Hbond substituents is 1. The zero-order valence-electron chi connectivity index (χ0n) is 21.5. The topological polar surface area (TPSA) is 109 Å². The summed E-state index contributed by atoms with van der Waals surface area (Å²) in [4.78, 5) is 31.3. The van der Waals surface area contributed by atoms with Gasteiger partial charge in [-0.05, 0) is 87.4 Å². The van der Waals surface area contributed by atoms with Crippen molar-refractivity contribution in [1.82, 2.24) is 9.88 Å². The number of anilines is 1. The van der Waals surface area contributed by atoms with E-state index in [1.54, 1.807) is 25.3 Å². The van der Waals surface area contributed by atoms with Gasteiger partial charge in [-0.15, -0.1) is 24.8 Å². The van der Waals surface area contributed by atoms with E-state index in [0.29, 0.717) is 11.6 Å². The van der Waals surface area contributed by atoms with Gasteiger partial charge in [-0.1, -0.05) is 29.3 Å². The number of halogens is 4. The molecule has 1 amide bonds. The Morgan fingerprint density at radius 1 is 1.03 bits per heavy atom. The molecule has 2 fully saturated rings. The van der Waals surface area contributed by atoms with E-state index in [1.807, 2.05) is 18.2 Å². The van der Waals surface area contributed by atoms with Crippen LogP contribution >= 0.6 is 48.0 Å². The van der Waals surface area contributed by atoms with E-state index in [2.05, 4.69) is 15.2 Å². The van der Waals surface area contributed by atoms with Crippen LogP contribution in [0.5, 0.6) is 5.75 Å². The smallest absolute Gasteiger partial charge is 0.234 e. The molecule has 11 heteroatoms. The highest BCUT2D eigenvalue weighted by molar-refractivity contribution is 6.37. The number of carbonyl (C=O) groups is 2. The maximum Gasteiger partial charge on any atom is 0.234 e. The lowest BCUT2D eigenvalue weighted by Crippen LogP contribution is -2.48. The number of benzene rings is 2. The standard InChI is InChI=1S/C28H30Cl2N4O3.2ClH/c1-15(35)21-14-32-24-9-4-16(17-12-22(29)27(36)23(30)13-17)11-20(24)26(21)33-18-5-7-19(8-6-18)34-10-2-3-25(34)28(31)37;;/h4,9,11-14,18-19,25,36H,2-3,5-8,10H2,1H3,(H2,31,37)(H,32,33);2*1H/t18?,19?,25-;;/m0../s1. The van der Waals surface area contributed by atoms with Crippen molar-refractivity contribution in [2.24, 2.45) is 5.73 Å². The first-order chi connectivity index (χ1) is 17.7. The minimum Gasteiger partial charge on any atom is -0.505 e. The summed E-state index contributed by atoms with van der Waals surface area (Å²) in [5, 5.41) is 14.8. The summed E-state index contributed by atoms with van der Waals surface area (Å²) in [6.45, 7) is 2.47. The molecule has 0 radical (unpaired) electrons. The van der Waals surface area contributed by atoms with Crippen LogP contribution in [-0.2, 0) is 4.79 Å². The molecule has 3 aromatic rings. The molecule has 0 bridgehead atoms. The Hall–Kier alpha value is -2.29. The molecule has 7 nitrogen and oxygen atoms in total. The van der Waals surface area contributed by atoms with Crippen molar-refractivity contribution in [3.8, 4) is 16.9 Å². The van der Waals surface area contributed by atoms with Crippen LogP contribution in [0.1, 0.15) is 55.8 Å². The number of nitrogens with one attached hydrogen (secondary N) is 1. The number of nitrogens with zero attached hydrogens (tertiary/aromatic N) is 2. The SMILES string of the molecule is CC(=O)c1cnc2ccc(-c3cc(Cl)c(O)c(Cl)c3)cc2c1NC1CCC(N2CCC[C@H]2C(N)=O)CC1.Cl.Cl. The zero-order valence-corrected chi connectivity index (χ0v) is 24.6. The Kier molecular flexibility index (Phi) is 10.3. The van der Waals surface area contributed by atoms with E-state index in [4.69, 9.17) is 28.9 Å². The Morgan fingerprint density at radius 3 is 2.31 bits per heavy atom. The summed E-state index contributed by atoms with van der Waals surface area (Å²) in [7, 11) is 0. The Labute approximate surface area is 250 Å². The number of likely N-dealkylation sites (tertiary alicyclic amines) is 1. The van der Waals surface area contributed by atoms with Crippen molar-refractivity contribution in [3.63, 3.8) is 0 Å². The van der Waals surface area contributed by atoms with Crippen molar-refractivity contribution >= 4 is 76.3 Å². The fraction of sp³-hybridized carbons (Fsp3) is 0.393. The second kappa shape index (κ2) is 12.9. The summed E-state index contributed by atoms with van der Waals surface area (Å²) < 4.78 is 0. The number of aromatic nitrogens is 1. The van der Waals surface area contributed by atoms with Gasteiger partial charge < -0.3 is 16.2 Å². The van der Waals surface area contributed by atoms with E-state index in [9.17, 15) is 14.7 Å². The number of aromatic hydroxyl groups is 1. The number of fused-ring (bicyclic) bond motifs is 1. The molecule has 2 aliphatic rings. The molecule has 1 aliphatic heterocycles. The number of pyridine rings is 1. The fourth-order valence-corrected chi connectivity index (χ4v) is 6.30. The number of amides is 1. The van der Waals surface area contributed by atoms with Gasteiger partial charge in [-0.25, -0.2) is 0 Å². The van der Waals surface area contributed by atoms with E-state index in [-0.39, 0.29) is 64.4 Å². The minimum atomic E-state index is -0.223. The van der Waals surface area contributed by atoms with E-state index >= 15 is 0 Å². The van der Waals surface area contributed by atoms with Gasteiger partial charge in [0.25, 0.3) is 0 Å². The summed E-state index contributed by atoms with van der Waals surface area (Å²) in [6, 6.07) is 9.53. The number of primary amides is 1. The molecule has 5 rings (SSSR count). The number of phenols is 1. The Balaban J connectivity index is 0.00000210. The monoisotopic (exact) mass is 612 g/mol. The van der Waals surface area contributed by atoms with Crippen molar-refractivity contribution in [1.29, 1.82) is 0 Å². The average Bonchev–Trinajstić information content (AvgIpc) is 3.38. The molecule has 1 atom stereocenters. The molecular formula is C28H32Cl4N4O3. The van der Waals surface area contributed by atoms with Gasteiger partial charge in [-0.2, -0.15) is 0 Å². The molecule has 39 heavy (non-hydrogen) atoms. The van der Waals surface area contributed by atoms with Gasteiger partial charge in [0.2, 0.25) is 5.91 Å². The lowest BCUT2D eigenvalue weighted by atomic mass is 9.89. The minimum absolute atomic E-state index is 0. The zero-order chi connectivity index (χ0) is 26.3. The predicted octanol–water partition coefficient (Wildman–Crippen LogP) is 6.63. The second-order valence-electron chi connectivity index (χ2n) is 10.1. The maximum atomic E-state index is 12.6. The summed E-state index contributed by atoms with van der Waals surface area (Å²) >= 11 is 12.3. The number of ketones is 1. The number of nitrogens with two attached hydrogens (primary N) is 1. The van der Waals surface area contributed by atoms with Crippen molar-refractivity contribution in [2.75, 3.05) is 11.9 Å². The molecule has 210 valence electrons. The number of rotatable bonds is 6.